The Labute approximate surface area is 85.1 Å². The van der Waals surface area contributed by atoms with Gasteiger partial charge in [-0.1, -0.05) is 0 Å². The number of H-pyrrole nitrogens is 1. The molecule has 2 N–H and O–H groups in total. The van der Waals surface area contributed by atoms with Gasteiger partial charge in [0.2, 0.25) is 0 Å². The number of nitrogens with one attached hydrogen (secondary N) is 2. The first-order valence-corrected chi connectivity index (χ1v) is 2.39. The summed E-state index contributed by atoms with van der Waals surface area (Å²) in [6, 6.07) is 0. The molecule has 0 radical (unpaired) electrons. The molecule has 7 heteroatoms. The van der Waals surface area contributed by atoms with Gasteiger partial charge in [0.1, 0.15) is 0 Å². The normalized spacial score (nSPS) is 8.45. The maximum Gasteiger partial charge on any atom is 0.347 e. The largest absolute Gasteiger partial charge is 0.347 e. The molecule has 58 valence electrons. The zero-order chi connectivity index (χ0) is 7.56. The first-order valence-electron chi connectivity index (χ1n) is 2.39. The molecule has 0 aliphatic carbocycles. The summed E-state index contributed by atoms with van der Waals surface area (Å²) in [5.41, 5.74) is 0.446. The van der Waals surface area contributed by atoms with Crippen molar-refractivity contribution < 1.29 is 35.6 Å². The van der Waals surface area contributed by atoms with Crippen LogP contribution in [0.25, 0.3) is 0 Å². The van der Waals surface area contributed by atoms with Crippen molar-refractivity contribution in [2.24, 2.45) is 0 Å². The van der Waals surface area contributed by atoms with Gasteiger partial charge in [0.25, 0.3) is 5.95 Å². The number of hydrogen-bond acceptors (Lipinski definition) is 4. The van der Waals surface area contributed by atoms with Crippen LogP contribution in [0.5, 0.6) is 0 Å². The van der Waals surface area contributed by atoms with Gasteiger partial charge in [-0.3, -0.25) is 0 Å². The number of hydrogen-bond donors (Lipinski definition) is 2. The predicted molar refractivity (Wildman–Crippen MR) is 31.8 cm³/mol. The fourth-order valence-electron chi connectivity index (χ4n) is 0.471. The molecule has 11 heavy (non-hydrogen) atoms. The number of aromatic nitrogens is 3. The predicted octanol–water partition coefficient (Wildman–Crippen LogP) is -0.357. The zero-order valence-corrected chi connectivity index (χ0v) is 9.55. The van der Waals surface area contributed by atoms with Crippen molar-refractivity contribution in [2.75, 3.05) is 5.54 Å². The van der Waals surface area contributed by atoms with Crippen LogP contribution in [0.3, 0.4) is 0 Å². The Balaban J connectivity index is 0.000001000. The summed E-state index contributed by atoms with van der Waals surface area (Å²) < 4.78 is 11.5. The molecular formula is C4H4FN4OU-. The molecule has 5 nitrogen and oxygen atoms in total. The van der Waals surface area contributed by atoms with Gasteiger partial charge < -0.3 is 11.9 Å². The number of anilines is 1. The van der Waals surface area contributed by atoms with Gasteiger partial charge in [-0.25, -0.2) is 9.78 Å². The van der Waals surface area contributed by atoms with Crippen LogP contribution in [0.2, 0.25) is 0 Å². The van der Waals surface area contributed by atoms with E-state index in [1.54, 1.807) is 0 Å². The van der Waals surface area contributed by atoms with Crippen LogP contribution in [0.4, 0.5) is 10.4 Å². The Hall–Kier alpha value is -0.538. The summed E-state index contributed by atoms with van der Waals surface area (Å²) in [7, 11) is 0. The third-order valence-electron chi connectivity index (χ3n) is 0.784. The van der Waals surface area contributed by atoms with Crippen molar-refractivity contribution in [3.05, 3.63) is 23.2 Å². The molecule has 0 aromatic carbocycles. The Morgan fingerprint density at radius 1 is 1.55 bits per heavy atom. The van der Waals surface area contributed by atoms with Gasteiger partial charge in [-0.2, -0.15) is 10.5 Å². The second-order valence-electron chi connectivity index (χ2n) is 1.52. The maximum atomic E-state index is 11.5. The second-order valence-corrected chi connectivity index (χ2v) is 1.52. The third kappa shape index (κ3) is 2.91. The molecule has 0 fully saturated rings. The molecule has 1 rings (SSSR count). The van der Waals surface area contributed by atoms with E-state index < -0.39 is 5.69 Å². The molecule has 0 atom stereocenters. The standard InChI is InChI=1S/C4H4FN4O.U/c1-2-6-3(9-5)8-4(10)7-2;/h1H2,(H2,6,7,8,9,10);/q-1;. The van der Waals surface area contributed by atoms with Crippen LogP contribution >= 0.6 is 0 Å². The molecule has 0 amide bonds. The minimum Gasteiger partial charge on any atom is -0.340 e. The van der Waals surface area contributed by atoms with E-state index in [1.165, 1.54) is 0 Å². The fraction of sp³-hybridized carbons (Fsp3) is 0. The van der Waals surface area contributed by atoms with Gasteiger partial charge >= 0.3 is 5.69 Å². The molecule has 0 bridgehead atoms. The van der Waals surface area contributed by atoms with Gasteiger partial charge in [-0.15, -0.1) is 4.48 Å². The molecule has 0 saturated carbocycles. The van der Waals surface area contributed by atoms with Gasteiger partial charge in [0.05, 0.1) is 0 Å². The minimum atomic E-state index is -0.680. The van der Waals surface area contributed by atoms with Crippen LogP contribution in [-0.4, -0.2) is 15.0 Å². The molecule has 0 aliphatic rings. The third-order valence-corrected chi connectivity index (χ3v) is 0.784. The summed E-state index contributed by atoms with van der Waals surface area (Å²) in [6.45, 7) is 3.28. The van der Waals surface area contributed by atoms with Crippen molar-refractivity contribution in [3.63, 3.8) is 0 Å². The van der Waals surface area contributed by atoms with Crippen LogP contribution in [0.15, 0.2) is 4.79 Å². The summed E-state index contributed by atoms with van der Waals surface area (Å²) >= 11 is 0. The summed E-state index contributed by atoms with van der Waals surface area (Å²) in [6.07, 6.45) is 0. The van der Waals surface area contributed by atoms with Gasteiger partial charge in [0, 0.05) is 31.1 Å². The minimum absolute atomic E-state index is 0. The smallest absolute Gasteiger partial charge is 0.340 e. The van der Waals surface area contributed by atoms with E-state index in [1.807, 2.05) is 0 Å². The molecular weight excluding hydrogens is 377 g/mol. The number of aromatic amines is 1. The summed E-state index contributed by atoms with van der Waals surface area (Å²) in [4.78, 5) is 19.1. The Morgan fingerprint density at radius 2 is 2.18 bits per heavy atom. The van der Waals surface area contributed by atoms with E-state index in [0.717, 1.165) is 5.54 Å². The Bertz CT molecular complexity index is 288. The monoisotopic (exact) mass is 381 g/mol. The molecule has 0 saturated heterocycles. The van der Waals surface area contributed by atoms with Crippen molar-refractivity contribution in [1.82, 2.24) is 15.0 Å². The molecule has 0 unspecified atom stereocenters. The SMILES string of the molecule is [CH2-]c1nc(NF)nc(=O)[nH]1.[U]. The van der Waals surface area contributed by atoms with Crippen LogP contribution in [0.1, 0.15) is 5.82 Å². The van der Waals surface area contributed by atoms with Crippen LogP contribution in [0, 0.1) is 38.0 Å². The van der Waals surface area contributed by atoms with E-state index in [-0.39, 0.29) is 42.9 Å². The van der Waals surface area contributed by atoms with Gasteiger partial charge in [0.15, 0.2) is 0 Å². The maximum absolute atomic E-state index is 11.5. The molecule has 1 aromatic rings. The number of rotatable bonds is 1. The average molecular weight is 381 g/mol. The van der Waals surface area contributed by atoms with Crippen LogP contribution < -0.4 is 11.2 Å². The van der Waals surface area contributed by atoms with E-state index in [4.69, 9.17) is 0 Å². The van der Waals surface area contributed by atoms with E-state index in [0.29, 0.717) is 0 Å². The second kappa shape index (κ2) is 4.36. The van der Waals surface area contributed by atoms with Crippen molar-refractivity contribution in [1.29, 1.82) is 0 Å². The first-order chi connectivity index (χ1) is 4.72. The number of nitrogens with zero attached hydrogens (tertiary/aromatic N) is 2. The molecule has 0 spiro atoms. The zero-order valence-electron chi connectivity index (χ0n) is 5.39. The van der Waals surface area contributed by atoms with Crippen LogP contribution in [-0.2, 0) is 0 Å². The van der Waals surface area contributed by atoms with Crippen molar-refractivity contribution >= 4 is 5.95 Å². The van der Waals surface area contributed by atoms with E-state index in [9.17, 15) is 9.28 Å². The topological polar surface area (TPSA) is 70.7 Å². The summed E-state index contributed by atoms with van der Waals surface area (Å²) in [5, 5.41) is 0. The fourth-order valence-corrected chi connectivity index (χ4v) is 0.471. The molecule has 0 aliphatic heterocycles. The van der Waals surface area contributed by atoms with Gasteiger partial charge in [-0.05, 0) is 5.82 Å². The van der Waals surface area contributed by atoms with Crippen molar-refractivity contribution in [3.8, 4) is 0 Å². The molecule has 1 aromatic heterocycles. The molecule has 1 heterocycles. The summed E-state index contributed by atoms with van der Waals surface area (Å²) in [5.74, 6) is -0.311. The Morgan fingerprint density at radius 3 is 2.64 bits per heavy atom. The number of halogens is 1. The van der Waals surface area contributed by atoms with Crippen molar-refractivity contribution in [2.45, 2.75) is 0 Å². The average Bonchev–Trinajstić information content (AvgIpc) is 1.85. The Kier molecular flexibility index (Phi) is 4.15. The quantitative estimate of drug-likeness (QED) is 0.515. The van der Waals surface area contributed by atoms with E-state index in [2.05, 4.69) is 21.9 Å². The van der Waals surface area contributed by atoms with E-state index >= 15 is 0 Å². The first kappa shape index (κ1) is 10.5.